The summed E-state index contributed by atoms with van der Waals surface area (Å²) >= 11 is 0. The predicted octanol–water partition coefficient (Wildman–Crippen LogP) is 1.67. The Morgan fingerprint density at radius 3 is 2.47 bits per heavy atom. The van der Waals surface area contributed by atoms with Gasteiger partial charge in [-0.05, 0) is 24.3 Å². The van der Waals surface area contributed by atoms with Crippen molar-refractivity contribution in [2.24, 2.45) is 0 Å². The standard InChI is InChI=1S/C14H14N2O3/c17-13(9-8-12-7-4-10-19-12)15-16-14(18)11-5-2-1-3-6-11/h1-7,10H,8-9H2,(H,15,17)(H,16,18). The molecule has 0 aliphatic heterocycles. The lowest BCUT2D eigenvalue weighted by atomic mass is 10.2. The summed E-state index contributed by atoms with van der Waals surface area (Å²) in [5.41, 5.74) is 5.22. The maximum atomic E-state index is 11.6. The molecule has 0 spiro atoms. The predicted molar refractivity (Wildman–Crippen MR) is 69.1 cm³/mol. The summed E-state index contributed by atoms with van der Waals surface area (Å²) in [6.45, 7) is 0. The summed E-state index contributed by atoms with van der Waals surface area (Å²) in [6.07, 6.45) is 2.31. The third-order valence-corrected chi connectivity index (χ3v) is 2.53. The van der Waals surface area contributed by atoms with E-state index in [0.717, 1.165) is 5.76 Å². The maximum Gasteiger partial charge on any atom is 0.269 e. The van der Waals surface area contributed by atoms with E-state index in [9.17, 15) is 9.59 Å². The fourth-order valence-electron chi connectivity index (χ4n) is 1.54. The molecule has 0 radical (unpaired) electrons. The number of carbonyl (C=O) groups is 2. The van der Waals surface area contributed by atoms with E-state index in [4.69, 9.17) is 4.42 Å². The first kappa shape index (κ1) is 12.9. The lowest BCUT2D eigenvalue weighted by Crippen LogP contribution is -2.41. The number of aryl methyl sites for hydroxylation is 1. The molecule has 5 heteroatoms. The largest absolute Gasteiger partial charge is 0.469 e. The van der Waals surface area contributed by atoms with E-state index in [1.165, 1.54) is 0 Å². The summed E-state index contributed by atoms with van der Waals surface area (Å²) in [6, 6.07) is 12.2. The van der Waals surface area contributed by atoms with Crippen LogP contribution in [0.25, 0.3) is 0 Å². The summed E-state index contributed by atoms with van der Waals surface area (Å²) < 4.78 is 5.11. The van der Waals surface area contributed by atoms with Gasteiger partial charge in [0.2, 0.25) is 5.91 Å². The van der Waals surface area contributed by atoms with Crippen molar-refractivity contribution < 1.29 is 14.0 Å². The zero-order chi connectivity index (χ0) is 13.5. The third-order valence-electron chi connectivity index (χ3n) is 2.53. The zero-order valence-corrected chi connectivity index (χ0v) is 10.3. The topological polar surface area (TPSA) is 71.3 Å². The van der Waals surface area contributed by atoms with Crippen LogP contribution < -0.4 is 10.9 Å². The highest BCUT2D eigenvalue weighted by molar-refractivity contribution is 5.95. The van der Waals surface area contributed by atoms with Gasteiger partial charge in [-0.1, -0.05) is 18.2 Å². The van der Waals surface area contributed by atoms with Gasteiger partial charge in [-0.15, -0.1) is 0 Å². The highest BCUT2D eigenvalue weighted by atomic mass is 16.3. The lowest BCUT2D eigenvalue weighted by Gasteiger charge is -2.06. The van der Waals surface area contributed by atoms with Crippen LogP contribution in [-0.2, 0) is 11.2 Å². The van der Waals surface area contributed by atoms with E-state index < -0.39 is 0 Å². The molecule has 0 bridgehead atoms. The second-order valence-corrected chi connectivity index (χ2v) is 3.95. The number of furan rings is 1. The molecule has 1 aromatic carbocycles. The van der Waals surface area contributed by atoms with Crippen molar-refractivity contribution in [2.45, 2.75) is 12.8 Å². The van der Waals surface area contributed by atoms with Crippen molar-refractivity contribution in [3.8, 4) is 0 Å². The molecule has 0 aliphatic rings. The second-order valence-electron chi connectivity index (χ2n) is 3.95. The fraction of sp³-hybridized carbons (Fsp3) is 0.143. The van der Waals surface area contributed by atoms with Gasteiger partial charge in [0.1, 0.15) is 5.76 Å². The van der Waals surface area contributed by atoms with Crippen molar-refractivity contribution in [2.75, 3.05) is 0 Å². The molecule has 0 aliphatic carbocycles. The van der Waals surface area contributed by atoms with Crippen LogP contribution >= 0.6 is 0 Å². The van der Waals surface area contributed by atoms with Gasteiger partial charge in [0.05, 0.1) is 6.26 Å². The van der Waals surface area contributed by atoms with Crippen molar-refractivity contribution in [1.82, 2.24) is 10.9 Å². The van der Waals surface area contributed by atoms with Crippen LogP contribution in [-0.4, -0.2) is 11.8 Å². The van der Waals surface area contributed by atoms with Gasteiger partial charge in [0, 0.05) is 18.4 Å². The Kier molecular flexibility index (Phi) is 4.34. The summed E-state index contributed by atoms with van der Waals surface area (Å²) in [4.78, 5) is 23.1. The molecule has 1 aromatic heterocycles. The summed E-state index contributed by atoms with van der Waals surface area (Å²) in [7, 11) is 0. The Morgan fingerprint density at radius 1 is 1.00 bits per heavy atom. The van der Waals surface area contributed by atoms with Crippen LogP contribution in [0.1, 0.15) is 22.5 Å². The maximum absolute atomic E-state index is 11.6. The quantitative estimate of drug-likeness (QED) is 0.819. The van der Waals surface area contributed by atoms with E-state index in [0.29, 0.717) is 12.0 Å². The van der Waals surface area contributed by atoms with E-state index in [2.05, 4.69) is 10.9 Å². The van der Waals surface area contributed by atoms with Crippen LogP contribution in [0.5, 0.6) is 0 Å². The first-order valence-electron chi connectivity index (χ1n) is 5.92. The van der Waals surface area contributed by atoms with Crippen molar-refractivity contribution in [3.05, 3.63) is 60.1 Å². The van der Waals surface area contributed by atoms with Gasteiger partial charge >= 0.3 is 0 Å². The average Bonchev–Trinajstić information content (AvgIpc) is 2.96. The Bertz CT molecular complexity index is 535. The minimum Gasteiger partial charge on any atom is -0.469 e. The Balaban J connectivity index is 1.73. The molecular formula is C14H14N2O3. The van der Waals surface area contributed by atoms with Crippen molar-refractivity contribution in [1.29, 1.82) is 0 Å². The molecule has 19 heavy (non-hydrogen) atoms. The van der Waals surface area contributed by atoms with E-state index in [1.807, 2.05) is 6.07 Å². The Labute approximate surface area is 110 Å². The van der Waals surface area contributed by atoms with Crippen LogP contribution in [0.4, 0.5) is 0 Å². The number of carbonyl (C=O) groups excluding carboxylic acids is 2. The SMILES string of the molecule is O=C(CCc1ccco1)NNC(=O)c1ccccc1. The summed E-state index contributed by atoms with van der Waals surface area (Å²) in [5.74, 6) is 0.136. The molecule has 98 valence electrons. The van der Waals surface area contributed by atoms with Crippen LogP contribution in [0.15, 0.2) is 53.1 Å². The third kappa shape index (κ3) is 3.99. The fourth-order valence-corrected chi connectivity index (χ4v) is 1.54. The Morgan fingerprint density at radius 2 is 1.79 bits per heavy atom. The first-order chi connectivity index (χ1) is 9.25. The average molecular weight is 258 g/mol. The molecule has 0 atom stereocenters. The zero-order valence-electron chi connectivity index (χ0n) is 10.3. The smallest absolute Gasteiger partial charge is 0.269 e. The van der Waals surface area contributed by atoms with Crippen LogP contribution in [0.2, 0.25) is 0 Å². The van der Waals surface area contributed by atoms with Gasteiger partial charge < -0.3 is 4.42 Å². The van der Waals surface area contributed by atoms with E-state index in [-0.39, 0.29) is 18.2 Å². The van der Waals surface area contributed by atoms with Crippen molar-refractivity contribution >= 4 is 11.8 Å². The van der Waals surface area contributed by atoms with Gasteiger partial charge in [-0.3, -0.25) is 20.4 Å². The molecule has 2 amide bonds. The van der Waals surface area contributed by atoms with Crippen LogP contribution in [0.3, 0.4) is 0 Å². The summed E-state index contributed by atoms with van der Waals surface area (Å²) in [5, 5.41) is 0. The number of hydrogen-bond donors (Lipinski definition) is 2. The minimum absolute atomic E-state index is 0.253. The second kappa shape index (κ2) is 6.39. The monoisotopic (exact) mass is 258 g/mol. The number of rotatable bonds is 4. The van der Waals surface area contributed by atoms with Gasteiger partial charge in [-0.2, -0.15) is 0 Å². The number of benzene rings is 1. The van der Waals surface area contributed by atoms with Gasteiger partial charge in [-0.25, -0.2) is 0 Å². The lowest BCUT2D eigenvalue weighted by molar-refractivity contribution is -0.121. The van der Waals surface area contributed by atoms with E-state index in [1.54, 1.807) is 42.7 Å². The molecule has 1 heterocycles. The molecule has 0 fully saturated rings. The molecule has 0 unspecified atom stereocenters. The number of hydrazine groups is 1. The van der Waals surface area contributed by atoms with E-state index >= 15 is 0 Å². The molecular weight excluding hydrogens is 244 g/mol. The number of hydrogen-bond acceptors (Lipinski definition) is 3. The molecule has 0 saturated heterocycles. The molecule has 2 N–H and O–H groups in total. The molecule has 2 aromatic rings. The molecule has 0 saturated carbocycles. The number of nitrogens with one attached hydrogen (secondary N) is 2. The Hall–Kier alpha value is -2.56. The molecule has 5 nitrogen and oxygen atoms in total. The highest BCUT2D eigenvalue weighted by Crippen LogP contribution is 2.03. The van der Waals surface area contributed by atoms with Crippen molar-refractivity contribution in [3.63, 3.8) is 0 Å². The normalized spacial score (nSPS) is 9.89. The highest BCUT2D eigenvalue weighted by Gasteiger charge is 2.07. The van der Waals surface area contributed by atoms with Gasteiger partial charge in [0.25, 0.3) is 5.91 Å². The van der Waals surface area contributed by atoms with Gasteiger partial charge in [0.15, 0.2) is 0 Å². The first-order valence-corrected chi connectivity index (χ1v) is 5.92. The van der Waals surface area contributed by atoms with Crippen LogP contribution in [0, 0.1) is 0 Å². The minimum atomic E-state index is -0.341. The number of amides is 2. The molecule has 2 rings (SSSR count).